The maximum atomic E-state index is 9.35. The van der Waals surface area contributed by atoms with E-state index < -0.39 is 0 Å². The molecule has 1 fully saturated rings. The van der Waals surface area contributed by atoms with E-state index in [2.05, 4.69) is 20.3 Å². The highest BCUT2D eigenvalue weighted by molar-refractivity contribution is 5.39. The third-order valence-electron chi connectivity index (χ3n) is 2.98. The van der Waals surface area contributed by atoms with Gasteiger partial charge < -0.3 is 24.8 Å². The topological polar surface area (TPSA) is 92.6 Å². The molecule has 1 aromatic heterocycles. The highest BCUT2D eigenvalue weighted by atomic mass is 16.5. The van der Waals surface area contributed by atoms with E-state index in [1.165, 1.54) is 7.11 Å². The number of nitrogens with zero attached hydrogens (tertiary/aromatic N) is 4. The van der Waals surface area contributed by atoms with Crippen LogP contribution in [-0.2, 0) is 4.74 Å². The van der Waals surface area contributed by atoms with E-state index in [4.69, 9.17) is 9.47 Å². The highest BCUT2D eigenvalue weighted by Crippen LogP contribution is 2.25. The van der Waals surface area contributed by atoms with Gasteiger partial charge >= 0.3 is 6.01 Å². The first kappa shape index (κ1) is 14.7. The van der Waals surface area contributed by atoms with Gasteiger partial charge in [-0.1, -0.05) is 0 Å². The van der Waals surface area contributed by atoms with Gasteiger partial charge in [-0.15, -0.1) is 0 Å². The number of morpholine rings is 1. The summed E-state index contributed by atoms with van der Waals surface area (Å²) >= 11 is 0. The zero-order chi connectivity index (χ0) is 14.8. The van der Waals surface area contributed by atoms with Crippen molar-refractivity contribution >= 4 is 11.9 Å². The van der Waals surface area contributed by atoms with Crippen LogP contribution in [0.5, 0.6) is 6.01 Å². The van der Waals surface area contributed by atoms with Crippen molar-refractivity contribution in [1.82, 2.24) is 15.0 Å². The van der Waals surface area contributed by atoms with Crippen LogP contribution < -0.4 is 15.0 Å². The summed E-state index contributed by atoms with van der Waals surface area (Å²) in [5.41, 5.74) is -0.384. The van der Waals surface area contributed by atoms with E-state index in [-0.39, 0.29) is 24.3 Å². The zero-order valence-electron chi connectivity index (χ0n) is 12.3. The van der Waals surface area contributed by atoms with Crippen LogP contribution in [0.2, 0.25) is 0 Å². The lowest BCUT2D eigenvalue weighted by Crippen LogP contribution is -2.54. The Labute approximate surface area is 118 Å². The van der Waals surface area contributed by atoms with E-state index in [9.17, 15) is 5.11 Å². The molecule has 0 aliphatic carbocycles. The van der Waals surface area contributed by atoms with E-state index in [1.807, 2.05) is 18.7 Å². The van der Waals surface area contributed by atoms with Crippen molar-refractivity contribution in [3.63, 3.8) is 0 Å². The fraction of sp³-hybridized carbons (Fsp3) is 0.750. The number of methoxy groups -OCH3 is 1. The van der Waals surface area contributed by atoms with Gasteiger partial charge in [-0.2, -0.15) is 15.0 Å². The first-order chi connectivity index (χ1) is 9.47. The van der Waals surface area contributed by atoms with Crippen LogP contribution in [0, 0.1) is 0 Å². The Morgan fingerprint density at radius 2 is 2.20 bits per heavy atom. The normalized spacial score (nSPS) is 21.6. The molecule has 8 heteroatoms. The van der Waals surface area contributed by atoms with Gasteiger partial charge in [0, 0.05) is 20.1 Å². The third kappa shape index (κ3) is 3.26. The standard InChI is InChI=1S/C12H21N5O3/c1-12(2)7-17(5-8(6-18)20-12)10-14-9(13-3)15-11(16-10)19-4/h8,18H,5-7H2,1-4H3,(H,13,14,15,16). The van der Waals surface area contributed by atoms with Crippen LogP contribution in [0.4, 0.5) is 11.9 Å². The van der Waals surface area contributed by atoms with E-state index >= 15 is 0 Å². The quantitative estimate of drug-likeness (QED) is 0.791. The number of aliphatic hydroxyl groups is 1. The molecule has 0 amide bonds. The molecule has 2 heterocycles. The number of ether oxygens (including phenoxy) is 2. The van der Waals surface area contributed by atoms with Crippen LogP contribution in [0.3, 0.4) is 0 Å². The van der Waals surface area contributed by atoms with Crippen molar-refractivity contribution in [3.05, 3.63) is 0 Å². The second-order valence-electron chi connectivity index (χ2n) is 5.26. The molecule has 2 rings (SSSR count). The van der Waals surface area contributed by atoms with E-state index in [1.54, 1.807) is 7.05 Å². The van der Waals surface area contributed by atoms with Crippen LogP contribution in [-0.4, -0.2) is 65.6 Å². The van der Waals surface area contributed by atoms with Crippen molar-refractivity contribution < 1.29 is 14.6 Å². The monoisotopic (exact) mass is 283 g/mol. The van der Waals surface area contributed by atoms with Gasteiger partial charge in [-0.25, -0.2) is 0 Å². The molecule has 2 N–H and O–H groups in total. The first-order valence-corrected chi connectivity index (χ1v) is 6.49. The van der Waals surface area contributed by atoms with Gasteiger partial charge in [-0.05, 0) is 13.8 Å². The summed E-state index contributed by atoms with van der Waals surface area (Å²) in [5, 5.41) is 12.2. The van der Waals surface area contributed by atoms with Crippen LogP contribution >= 0.6 is 0 Å². The van der Waals surface area contributed by atoms with Crippen molar-refractivity contribution in [2.24, 2.45) is 0 Å². The molecule has 112 valence electrons. The minimum atomic E-state index is -0.384. The fourth-order valence-corrected chi connectivity index (χ4v) is 2.23. The van der Waals surface area contributed by atoms with Crippen molar-refractivity contribution in [3.8, 4) is 6.01 Å². The van der Waals surface area contributed by atoms with Crippen LogP contribution in [0.15, 0.2) is 0 Å². The summed E-state index contributed by atoms with van der Waals surface area (Å²) in [6.45, 7) is 5.05. The van der Waals surface area contributed by atoms with Crippen molar-refractivity contribution in [1.29, 1.82) is 0 Å². The van der Waals surface area contributed by atoms with Crippen molar-refractivity contribution in [2.75, 3.05) is 44.1 Å². The number of rotatable bonds is 4. The number of anilines is 2. The third-order valence-corrected chi connectivity index (χ3v) is 2.98. The molecule has 20 heavy (non-hydrogen) atoms. The number of nitrogens with one attached hydrogen (secondary N) is 1. The predicted octanol–water partition coefficient (Wildman–Crippen LogP) is -0.102. The Bertz CT molecular complexity index is 446. The molecule has 0 saturated carbocycles. The largest absolute Gasteiger partial charge is 0.467 e. The number of aliphatic hydroxyl groups excluding tert-OH is 1. The Balaban J connectivity index is 2.29. The lowest BCUT2D eigenvalue weighted by atomic mass is 10.1. The summed E-state index contributed by atoms with van der Waals surface area (Å²) in [5.74, 6) is 0.952. The molecule has 1 aliphatic rings. The summed E-state index contributed by atoms with van der Waals surface area (Å²) in [7, 11) is 3.25. The SMILES string of the molecule is CNc1nc(OC)nc(N2CC(CO)OC(C)(C)C2)n1. The average molecular weight is 283 g/mol. The lowest BCUT2D eigenvalue weighted by molar-refractivity contribution is -0.101. The summed E-state index contributed by atoms with van der Waals surface area (Å²) < 4.78 is 10.9. The second-order valence-corrected chi connectivity index (χ2v) is 5.26. The van der Waals surface area contributed by atoms with Crippen LogP contribution in [0.25, 0.3) is 0 Å². The fourth-order valence-electron chi connectivity index (χ4n) is 2.23. The molecular weight excluding hydrogens is 262 g/mol. The number of aromatic nitrogens is 3. The number of hydrogen-bond donors (Lipinski definition) is 2. The second kappa shape index (κ2) is 5.76. The van der Waals surface area contributed by atoms with E-state index in [0.29, 0.717) is 25.0 Å². The Kier molecular flexibility index (Phi) is 4.24. The highest BCUT2D eigenvalue weighted by Gasteiger charge is 2.34. The Morgan fingerprint density at radius 3 is 2.80 bits per heavy atom. The molecule has 1 aliphatic heterocycles. The Hall–Kier alpha value is -1.67. The summed E-state index contributed by atoms with van der Waals surface area (Å²) in [6.07, 6.45) is -0.264. The molecule has 1 atom stereocenters. The maximum Gasteiger partial charge on any atom is 0.322 e. The predicted molar refractivity (Wildman–Crippen MR) is 74.2 cm³/mol. The van der Waals surface area contributed by atoms with Gasteiger partial charge in [0.2, 0.25) is 11.9 Å². The maximum absolute atomic E-state index is 9.35. The molecular formula is C12H21N5O3. The lowest BCUT2D eigenvalue weighted by Gasteiger charge is -2.42. The smallest absolute Gasteiger partial charge is 0.322 e. The van der Waals surface area contributed by atoms with Gasteiger partial charge in [0.05, 0.1) is 25.4 Å². The van der Waals surface area contributed by atoms with E-state index in [0.717, 1.165) is 0 Å². The summed E-state index contributed by atoms with van der Waals surface area (Å²) in [4.78, 5) is 14.6. The molecule has 1 saturated heterocycles. The molecule has 0 radical (unpaired) electrons. The first-order valence-electron chi connectivity index (χ1n) is 6.49. The Morgan fingerprint density at radius 1 is 1.45 bits per heavy atom. The zero-order valence-corrected chi connectivity index (χ0v) is 12.3. The minimum absolute atomic E-state index is 0.0406. The van der Waals surface area contributed by atoms with Gasteiger partial charge in [0.25, 0.3) is 0 Å². The number of hydrogen-bond acceptors (Lipinski definition) is 8. The molecule has 8 nitrogen and oxygen atoms in total. The molecule has 0 spiro atoms. The van der Waals surface area contributed by atoms with Gasteiger partial charge in [0.15, 0.2) is 0 Å². The molecule has 0 bridgehead atoms. The summed E-state index contributed by atoms with van der Waals surface area (Å²) in [6, 6.07) is 0.254. The average Bonchev–Trinajstić information content (AvgIpc) is 2.44. The van der Waals surface area contributed by atoms with Gasteiger partial charge in [-0.3, -0.25) is 0 Å². The molecule has 0 aromatic carbocycles. The minimum Gasteiger partial charge on any atom is -0.467 e. The van der Waals surface area contributed by atoms with Crippen molar-refractivity contribution in [2.45, 2.75) is 25.6 Å². The molecule has 1 aromatic rings. The van der Waals surface area contributed by atoms with Gasteiger partial charge in [0.1, 0.15) is 0 Å². The van der Waals surface area contributed by atoms with Crippen LogP contribution in [0.1, 0.15) is 13.8 Å². The molecule has 1 unspecified atom stereocenters.